The van der Waals surface area contributed by atoms with Crippen molar-refractivity contribution in [2.45, 2.75) is 26.7 Å². The molecule has 0 atom stereocenters. The topological polar surface area (TPSA) is 81.4 Å². The van der Waals surface area contributed by atoms with Crippen LogP contribution in [0.15, 0.2) is 59.1 Å². The van der Waals surface area contributed by atoms with Gasteiger partial charge in [0.25, 0.3) is 5.91 Å². The van der Waals surface area contributed by atoms with Gasteiger partial charge in [0, 0.05) is 11.6 Å². The Morgan fingerprint density at radius 2 is 1.75 bits per heavy atom. The molecule has 0 bridgehead atoms. The van der Waals surface area contributed by atoms with E-state index >= 15 is 0 Å². The highest BCUT2D eigenvalue weighted by molar-refractivity contribution is 5.95. The van der Waals surface area contributed by atoms with Gasteiger partial charge in [0.15, 0.2) is 6.61 Å². The Morgan fingerprint density at radius 3 is 2.39 bits per heavy atom. The van der Waals surface area contributed by atoms with Crippen LogP contribution in [0.4, 0.5) is 5.88 Å². The zero-order valence-corrected chi connectivity index (χ0v) is 16.1. The molecule has 0 unspecified atom stereocenters. The van der Waals surface area contributed by atoms with Crippen molar-refractivity contribution in [3.05, 3.63) is 71.3 Å². The number of hydrogen-bond acceptors (Lipinski definition) is 5. The van der Waals surface area contributed by atoms with Gasteiger partial charge in [0.05, 0.1) is 5.56 Å². The van der Waals surface area contributed by atoms with E-state index in [4.69, 9.17) is 9.26 Å². The van der Waals surface area contributed by atoms with E-state index in [1.54, 1.807) is 18.2 Å². The van der Waals surface area contributed by atoms with Gasteiger partial charge < -0.3 is 9.26 Å². The second-order valence-electron chi connectivity index (χ2n) is 6.84. The smallest absolute Gasteiger partial charge is 0.338 e. The van der Waals surface area contributed by atoms with Crippen molar-refractivity contribution in [1.29, 1.82) is 0 Å². The predicted octanol–water partition coefficient (Wildman–Crippen LogP) is 4.57. The van der Waals surface area contributed by atoms with E-state index in [1.165, 1.54) is 0 Å². The summed E-state index contributed by atoms with van der Waals surface area (Å²) in [5.74, 6) is -0.484. The minimum atomic E-state index is -0.552. The van der Waals surface area contributed by atoms with E-state index in [0.29, 0.717) is 17.2 Å². The molecule has 0 aliphatic carbocycles. The number of anilines is 1. The van der Waals surface area contributed by atoms with Crippen LogP contribution in [-0.4, -0.2) is 23.6 Å². The number of amides is 1. The van der Waals surface area contributed by atoms with Gasteiger partial charge in [-0.3, -0.25) is 10.1 Å². The monoisotopic (exact) mass is 378 g/mol. The molecule has 6 heteroatoms. The van der Waals surface area contributed by atoms with Crippen molar-refractivity contribution in [3.8, 4) is 11.3 Å². The summed E-state index contributed by atoms with van der Waals surface area (Å²) in [6, 6.07) is 16.5. The molecule has 1 heterocycles. The SMILES string of the molecule is Cc1ccc(-c2cc(NC(=O)COC(=O)c3ccc(C(C)C)cc3)on2)cc1. The van der Waals surface area contributed by atoms with Gasteiger partial charge in [-0.25, -0.2) is 4.79 Å². The van der Waals surface area contributed by atoms with Crippen molar-refractivity contribution in [1.82, 2.24) is 5.16 Å². The second-order valence-corrected chi connectivity index (χ2v) is 6.84. The van der Waals surface area contributed by atoms with Crippen molar-refractivity contribution in [2.75, 3.05) is 11.9 Å². The molecular weight excluding hydrogens is 356 g/mol. The van der Waals surface area contributed by atoms with E-state index < -0.39 is 18.5 Å². The summed E-state index contributed by atoms with van der Waals surface area (Å²) in [5, 5.41) is 6.47. The third kappa shape index (κ3) is 4.85. The van der Waals surface area contributed by atoms with Crippen LogP contribution < -0.4 is 5.32 Å². The number of carbonyl (C=O) groups excluding carboxylic acids is 2. The second kappa shape index (κ2) is 8.52. The summed E-state index contributed by atoms with van der Waals surface area (Å²) in [6.45, 7) is 5.74. The van der Waals surface area contributed by atoms with Gasteiger partial charge in [0.2, 0.25) is 5.88 Å². The number of aryl methyl sites for hydroxylation is 1. The van der Waals surface area contributed by atoms with Crippen molar-refractivity contribution in [2.24, 2.45) is 0 Å². The molecule has 1 amide bonds. The number of aromatic nitrogens is 1. The molecule has 3 rings (SSSR count). The Morgan fingerprint density at radius 1 is 1.07 bits per heavy atom. The van der Waals surface area contributed by atoms with Crippen LogP contribution in [0.2, 0.25) is 0 Å². The fourth-order valence-electron chi connectivity index (χ4n) is 2.59. The van der Waals surface area contributed by atoms with Gasteiger partial charge in [-0.05, 0) is 30.5 Å². The number of nitrogens with zero attached hydrogens (tertiary/aromatic N) is 1. The van der Waals surface area contributed by atoms with Crippen molar-refractivity contribution < 1.29 is 18.8 Å². The summed E-state index contributed by atoms with van der Waals surface area (Å²) in [5.41, 5.74) is 4.16. The Labute approximate surface area is 163 Å². The van der Waals surface area contributed by atoms with E-state index in [9.17, 15) is 9.59 Å². The fourth-order valence-corrected chi connectivity index (χ4v) is 2.59. The zero-order valence-electron chi connectivity index (χ0n) is 16.1. The maximum absolute atomic E-state index is 12.1. The summed E-state index contributed by atoms with van der Waals surface area (Å²) in [6.07, 6.45) is 0. The first-order valence-electron chi connectivity index (χ1n) is 9.03. The molecule has 0 radical (unpaired) electrons. The number of nitrogens with one attached hydrogen (secondary N) is 1. The minimum Gasteiger partial charge on any atom is -0.452 e. The lowest BCUT2D eigenvalue weighted by Gasteiger charge is -2.07. The van der Waals surface area contributed by atoms with Crippen LogP contribution in [0.5, 0.6) is 0 Å². The van der Waals surface area contributed by atoms with Crippen LogP contribution >= 0.6 is 0 Å². The molecule has 1 N–H and O–H groups in total. The summed E-state index contributed by atoms with van der Waals surface area (Å²) >= 11 is 0. The third-order valence-electron chi connectivity index (χ3n) is 4.27. The van der Waals surface area contributed by atoms with Crippen molar-refractivity contribution in [3.63, 3.8) is 0 Å². The zero-order chi connectivity index (χ0) is 20.1. The minimum absolute atomic E-state index is 0.193. The fraction of sp³-hybridized carbons (Fsp3) is 0.227. The average Bonchev–Trinajstić information content (AvgIpc) is 3.15. The molecule has 0 aliphatic heterocycles. The molecule has 0 saturated carbocycles. The lowest BCUT2D eigenvalue weighted by atomic mass is 10.0. The number of hydrogen-bond donors (Lipinski definition) is 1. The highest BCUT2D eigenvalue weighted by Crippen LogP contribution is 2.22. The average molecular weight is 378 g/mol. The predicted molar refractivity (Wildman–Crippen MR) is 106 cm³/mol. The molecule has 0 spiro atoms. The number of carbonyl (C=O) groups is 2. The lowest BCUT2D eigenvalue weighted by Crippen LogP contribution is -2.20. The van der Waals surface area contributed by atoms with Gasteiger partial charge >= 0.3 is 5.97 Å². The molecular formula is C22H22N2O4. The highest BCUT2D eigenvalue weighted by Gasteiger charge is 2.13. The first-order chi connectivity index (χ1) is 13.4. The largest absolute Gasteiger partial charge is 0.452 e. The van der Waals surface area contributed by atoms with Gasteiger partial charge in [-0.15, -0.1) is 0 Å². The molecule has 0 aliphatic rings. The molecule has 3 aromatic rings. The Hall–Kier alpha value is -3.41. The third-order valence-corrected chi connectivity index (χ3v) is 4.27. The molecule has 1 aromatic heterocycles. The van der Waals surface area contributed by atoms with Crippen LogP contribution in [-0.2, 0) is 9.53 Å². The van der Waals surface area contributed by atoms with E-state index in [1.807, 2.05) is 43.3 Å². The highest BCUT2D eigenvalue weighted by atomic mass is 16.5. The van der Waals surface area contributed by atoms with Gasteiger partial charge in [-0.1, -0.05) is 61.0 Å². The van der Waals surface area contributed by atoms with E-state index in [-0.39, 0.29) is 5.88 Å². The number of ether oxygens (including phenoxy) is 1. The maximum atomic E-state index is 12.1. The first-order valence-corrected chi connectivity index (χ1v) is 9.03. The number of rotatable bonds is 6. The van der Waals surface area contributed by atoms with E-state index in [0.717, 1.165) is 16.7 Å². The quantitative estimate of drug-likeness (QED) is 0.636. The Kier molecular flexibility index (Phi) is 5.89. The summed E-state index contributed by atoms with van der Waals surface area (Å²) in [4.78, 5) is 24.1. The molecule has 2 aromatic carbocycles. The van der Waals surface area contributed by atoms with Gasteiger partial charge in [-0.2, -0.15) is 0 Å². The van der Waals surface area contributed by atoms with Gasteiger partial charge in [0.1, 0.15) is 5.69 Å². The normalized spacial score (nSPS) is 10.7. The Balaban J connectivity index is 1.53. The van der Waals surface area contributed by atoms with Crippen LogP contribution in [0.1, 0.15) is 41.3 Å². The van der Waals surface area contributed by atoms with Crippen LogP contribution in [0, 0.1) is 6.92 Å². The summed E-state index contributed by atoms with van der Waals surface area (Å²) in [7, 11) is 0. The molecule has 0 saturated heterocycles. The maximum Gasteiger partial charge on any atom is 0.338 e. The standard InChI is InChI=1S/C22H22N2O4/c1-14(2)16-8-10-18(11-9-16)22(26)27-13-20(25)23-21-12-19(24-28-21)17-6-4-15(3)5-7-17/h4-12,14H,13H2,1-3H3,(H,23,25). The van der Waals surface area contributed by atoms with E-state index in [2.05, 4.69) is 24.3 Å². The molecule has 0 fully saturated rings. The Bertz CT molecular complexity index is 957. The number of benzene rings is 2. The van der Waals surface area contributed by atoms with Crippen LogP contribution in [0.25, 0.3) is 11.3 Å². The molecule has 28 heavy (non-hydrogen) atoms. The molecule has 6 nitrogen and oxygen atoms in total. The summed E-state index contributed by atoms with van der Waals surface area (Å²) < 4.78 is 10.2. The first kappa shape index (κ1) is 19.4. The van der Waals surface area contributed by atoms with Crippen LogP contribution in [0.3, 0.4) is 0 Å². The number of esters is 1. The molecule has 144 valence electrons. The lowest BCUT2D eigenvalue weighted by molar-refractivity contribution is -0.119. The van der Waals surface area contributed by atoms with Crippen molar-refractivity contribution >= 4 is 17.8 Å².